The fourth-order valence-corrected chi connectivity index (χ4v) is 5.80. The van der Waals surface area contributed by atoms with E-state index in [9.17, 15) is 17.6 Å². The summed E-state index contributed by atoms with van der Waals surface area (Å²) >= 11 is 4.49. The molecule has 4 aromatic rings. The van der Waals surface area contributed by atoms with Crippen LogP contribution in [0.25, 0.3) is 22.3 Å². The lowest BCUT2D eigenvalue weighted by Gasteiger charge is -2.27. The molecule has 0 radical (unpaired) electrons. The predicted octanol–water partition coefficient (Wildman–Crippen LogP) is 11.5. The Morgan fingerprint density at radius 1 is 0.818 bits per heavy atom. The molecule has 8 heteroatoms. The second-order valence-electron chi connectivity index (χ2n) is 10.9. The normalized spacial score (nSPS) is 17.0. The molecule has 226 valence electrons. The van der Waals surface area contributed by atoms with Gasteiger partial charge in [-0.3, -0.25) is 0 Å². The second-order valence-corrected chi connectivity index (χ2v) is 11.1. The van der Waals surface area contributed by atoms with Crippen LogP contribution in [0.15, 0.2) is 96.0 Å². The highest BCUT2D eigenvalue weighted by molar-refractivity contribution is 7.78. The summed E-state index contributed by atoms with van der Waals surface area (Å²) < 4.78 is 79.4. The number of rotatable bonds is 9. The van der Waals surface area contributed by atoms with E-state index in [1.165, 1.54) is 42.7 Å². The van der Waals surface area contributed by atoms with Crippen molar-refractivity contribution in [3.05, 3.63) is 120 Å². The first kappa shape index (κ1) is 31.3. The Bertz CT molecular complexity index is 1660. The third-order valence-corrected chi connectivity index (χ3v) is 8.09. The van der Waals surface area contributed by atoms with Crippen molar-refractivity contribution in [1.82, 2.24) is 0 Å². The molecular weight excluding hydrogens is 589 g/mol. The van der Waals surface area contributed by atoms with Gasteiger partial charge in [-0.1, -0.05) is 55.5 Å². The number of benzene rings is 4. The molecule has 4 aromatic carbocycles. The van der Waals surface area contributed by atoms with Crippen molar-refractivity contribution in [2.24, 2.45) is 10.9 Å². The number of thiocarbonyl (C=S) groups is 1. The van der Waals surface area contributed by atoms with Gasteiger partial charge in [0.1, 0.15) is 28.8 Å². The van der Waals surface area contributed by atoms with Gasteiger partial charge in [-0.25, -0.2) is 13.2 Å². The maximum Gasteiger partial charge on any atom is 0.432 e. The van der Waals surface area contributed by atoms with Crippen LogP contribution in [-0.4, -0.2) is 5.16 Å². The summed E-state index contributed by atoms with van der Waals surface area (Å²) in [7, 11) is 0. The van der Waals surface area contributed by atoms with Gasteiger partial charge in [-0.15, -0.1) is 0 Å². The van der Waals surface area contributed by atoms with E-state index >= 15 is 4.39 Å². The van der Waals surface area contributed by atoms with Crippen molar-refractivity contribution in [2.45, 2.75) is 51.1 Å². The molecule has 0 atom stereocenters. The van der Waals surface area contributed by atoms with Gasteiger partial charge < -0.3 is 4.74 Å². The van der Waals surface area contributed by atoms with Crippen molar-refractivity contribution in [3.8, 4) is 28.0 Å². The van der Waals surface area contributed by atoms with Gasteiger partial charge in [0, 0.05) is 5.56 Å². The Balaban J connectivity index is 1.31. The maximum atomic E-state index is 15.2. The Hall–Kier alpha value is -4.13. The van der Waals surface area contributed by atoms with Crippen LogP contribution in [0.5, 0.6) is 5.75 Å². The lowest BCUT2D eigenvalue weighted by Crippen LogP contribution is -2.25. The monoisotopic (exact) mass is 619 g/mol. The Kier molecular flexibility index (Phi) is 9.72. The van der Waals surface area contributed by atoms with Crippen LogP contribution in [0.2, 0.25) is 0 Å². The number of isothiocyanates is 1. The highest BCUT2D eigenvalue weighted by Gasteiger charge is 2.41. The smallest absolute Gasteiger partial charge is 0.429 e. The summed E-state index contributed by atoms with van der Waals surface area (Å²) in [4.78, 5) is 3.70. The third kappa shape index (κ3) is 7.15. The van der Waals surface area contributed by atoms with Crippen molar-refractivity contribution in [3.63, 3.8) is 0 Å². The van der Waals surface area contributed by atoms with E-state index in [-0.39, 0.29) is 16.9 Å². The largest absolute Gasteiger partial charge is 0.432 e. The van der Waals surface area contributed by atoms with Crippen molar-refractivity contribution < 1.29 is 26.7 Å². The maximum absolute atomic E-state index is 15.2. The quantitative estimate of drug-likeness (QED) is 0.0805. The number of hydrogen-bond acceptors (Lipinski definition) is 3. The topological polar surface area (TPSA) is 21.6 Å². The molecule has 0 unspecified atom stereocenters. The van der Waals surface area contributed by atoms with E-state index in [0.29, 0.717) is 35.2 Å². The fourth-order valence-electron chi connectivity index (χ4n) is 5.70. The molecule has 0 heterocycles. The summed E-state index contributed by atoms with van der Waals surface area (Å²) in [6, 6.07) is 18.7. The van der Waals surface area contributed by atoms with E-state index in [1.807, 2.05) is 12.1 Å². The number of alkyl halides is 2. The average Bonchev–Trinajstić information content (AvgIpc) is 3.01. The molecule has 1 fully saturated rings. The van der Waals surface area contributed by atoms with Gasteiger partial charge in [0.2, 0.25) is 0 Å². The summed E-state index contributed by atoms with van der Waals surface area (Å²) in [6.07, 6.45) is 5.87. The zero-order valence-electron chi connectivity index (χ0n) is 24.0. The van der Waals surface area contributed by atoms with Crippen LogP contribution in [0.1, 0.15) is 56.1 Å². The number of allylic oxidation sites excluding steroid dienone is 2. The molecule has 0 bridgehead atoms. The molecule has 0 amide bonds. The second kappa shape index (κ2) is 13.7. The summed E-state index contributed by atoms with van der Waals surface area (Å²) in [5, 5.41) is 2.14. The molecule has 1 aliphatic carbocycles. The van der Waals surface area contributed by atoms with Gasteiger partial charge >= 0.3 is 6.11 Å². The molecule has 44 heavy (non-hydrogen) atoms. The van der Waals surface area contributed by atoms with E-state index in [4.69, 9.17) is 0 Å². The van der Waals surface area contributed by atoms with Gasteiger partial charge in [0.05, 0.1) is 10.8 Å². The lowest BCUT2D eigenvalue weighted by molar-refractivity contribution is -0.189. The van der Waals surface area contributed by atoms with E-state index in [0.717, 1.165) is 37.0 Å². The summed E-state index contributed by atoms with van der Waals surface area (Å²) in [5.41, 5.74) is 1.07. The molecule has 0 spiro atoms. The van der Waals surface area contributed by atoms with Crippen LogP contribution < -0.4 is 4.74 Å². The number of ether oxygens (including phenoxy) is 1. The highest BCUT2D eigenvalue weighted by atomic mass is 32.1. The number of nitrogens with zero attached hydrogens (tertiary/aromatic N) is 1. The number of aliphatic imine (C=N–C) groups is 1. The van der Waals surface area contributed by atoms with E-state index in [2.05, 4.69) is 58.3 Å². The zero-order valence-corrected chi connectivity index (χ0v) is 24.8. The van der Waals surface area contributed by atoms with Gasteiger partial charge in [-0.05, 0) is 121 Å². The number of halogens is 5. The zero-order chi connectivity index (χ0) is 31.3. The van der Waals surface area contributed by atoms with Crippen LogP contribution in [-0.2, 0) is 6.11 Å². The standard InChI is InChI=1S/C36H30F5NOS/c1-2-3-4-23-5-7-24(8-6-23)25-9-11-26(12-10-25)27-13-18-31(32(37)19-27)28-20-33(38)35(34(39)21-28)36(40,41)43-30-16-14-29(15-17-30)42-22-44/h3-4,9-21,23-24H,2,5-8H2,1H3/b4-3+. The van der Waals surface area contributed by atoms with Gasteiger partial charge in [0.25, 0.3) is 0 Å². The first-order chi connectivity index (χ1) is 21.2. The molecule has 0 N–H and O–H groups in total. The predicted molar refractivity (Wildman–Crippen MR) is 167 cm³/mol. The van der Waals surface area contributed by atoms with E-state index < -0.39 is 29.1 Å². The molecular formula is C36H30F5NOS. The average molecular weight is 620 g/mol. The molecule has 0 saturated heterocycles. The molecule has 2 nitrogen and oxygen atoms in total. The third-order valence-electron chi connectivity index (χ3n) is 8.00. The van der Waals surface area contributed by atoms with Gasteiger partial charge in [0.15, 0.2) is 0 Å². The molecule has 0 aromatic heterocycles. The Labute approximate surface area is 258 Å². The summed E-state index contributed by atoms with van der Waals surface area (Å²) in [5.74, 6) is -3.07. The van der Waals surface area contributed by atoms with Crippen LogP contribution >= 0.6 is 12.2 Å². The summed E-state index contributed by atoms with van der Waals surface area (Å²) in [6.45, 7) is 2.14. The molecule has 0 aliphatic heterocycles. The van der Waals surface area contributed by atoms with Crippen LogP contribution in [0.4, 0.5) is 27.6 Å². The van der Waals surface area contributed by atoms with Crippen molar-refractivity contribution >= 4 is 23.1 Å². The first-order valence-electron chi connectivity index (χ1n) is 14.5. The molecule has 1 saturated carbocycles. The lowest BCUT2D eigenvalue weighted by atomic mass is 9.78. The van der Waals surface area contributed by atoms with Gasteiger partial charge in [-0.2, -0.15) is 13.8 Å². The van der Waals surface area contributed by atoms with Crippen molar-refractivity contribution in [1.29, 1.82) is 0 Å². The molecule has 1 aliphatic rings. The minimum Gasteiger partial charge on any atom is -0.429 e. The number of hydrogen-bond donors (Lipinski definition) is 0. The first-order valence-corrected chi connectivity index (χ1v) is 14.9. The highest BCUT2D eigenvalue weighted by Crippen LogP contribution is 2.39. The van der Waals surface area contributed by atoms with Crippen LogP contribution in [0, 0.1) is 23.4 Å². The Morgan fingerprint density at radius 2 is 1.43 bits per heavy atom. The SMILES string of the molecule is CC/C=C/C1CCC(c2ccc(-c3ccc(-c4cc(F)c(C(F)(F)Oc5ccc(N=C=S)cc5)c(F)c4)c(F)c3)cc2)CC1. The fraction of sp³-hybridized carbons (Fsp3) is 0.250. The van der Waals surface area contributed by atoms with E-state index in [1.54, 1.807) is 6.07 Å². The molecule has 5 rings (SSSR count). The van der Waals surface area contributed by atoms with Crippen LogP contribution in [0.3, 0.4) is 0 Å². The van der Waals surface area contributed by atoms with Crippen molar-refractivity contribution in [2.75, 3.05) is 0 Å². The minimum absolute atomic E-state index is 0.123. The Morgan fingerprint density at radius 3 is 2.02 bits per heavy atom. The minimum atomic E-state index is -4.35.